The van der Waals surface area contributed by atoms with Gasteiger partial charge in [0.2, 0.25) is 0 Å². The van der Waals surface area contributed by atoms with E-state index in [0.717, 1.165) is 12.8 Å². The standard InChI is InChI=1S/C14H18N2O7/c1-11(23-16(20)21)5-3-2-4-10-22-14(17)12-6-8-13(9-7-12)15(18)19/h6-9,11H,2-5,10H2,1H3. The molecule has 0 saturated heterocycles. The van der Waals surface area contributed by atoms with Crippen molar-refractivity contribution in [3.8, 4) is 0 Å². The van der Waals surface area contributed by atoms with Crippen LogP contribution in [-0.4, -0.2) is 28.7 Å². The average Bonchev–Trinajstić information content (AvgIpc) is 2.49. The number of benzene rings is 1. The van der Waals surface area contributed by atoms with Crippen molar-refractivity contribution in [1.29, 1.82) is 0 Å². The van der Waals surface area contributed by atoms with Crippen LogP contribution in [0.3, 0.4) is 0 Å². The molecule has 0 aliphatic carbocycles. The van der Waals surface area contributed by atoms with E-state index in [-0.39, 0.29) is 17.9 Å². The maximum atomic E-state index is 11.7. The summed E-state index contributed by atoms with van der Waals surface area (Å²) in [6.07, 6.45) is 2.21. The third-order valence-electron chi connectivity index (χ3n) is 3.07. The molecule has 0 fully saturated rings. The maximum Gasteiger partial charge on any atom is 0.338 e. The van der Waals surface area contributed by atoms with Gasteiger partial charge in [0.15, 0.2) is 0 Å². The zero-order valence-electron chi connectivity index (χ0n) is 12.7. The van der Waals surface area contributed by atoms with Gasteiger partial charge in [-0.15, -0.1) is 10.1 Å². The molecule has 0 aromatic heterocycles. The zero-order valence-corrected chi connectivity index (χ0v) is 12.7. The molecule has 0 aliphatic rings. The van der Waals surface area contributed by atoms with Gasteiger partial charge in [-0.25, -0.2) is 4.79 Å². The van der Waals surface area contributed by atoms with Crippen LogP contribution in [0.4, 0.5) is 5.69 Å². The first kappa shape index (κ1) is 18.3. The molecule has 9 nitrogen and oxygen atoms in total. The van der Waals surface area contributed by atoms with Crippen LogP contribution >= 0.6 is 0 Å². The fourth-order valence-electron chi connectivity index (χ4n) is 1.88. The Hall–Kier alpha value is -2.71. The van der Waals surface area contributed by atoms with Crippen molar-refractivity contribution < 1.29 is 24.4 Å². The van der Waals surface area contributed by atoms with Gasteiger partial charge in [0, 0.05) is 12.1 Å². The number of hydrogen-bond donors (Lipinski definition) is 0. The van der Waals surface area contributed by atoms with Gasteiger partial charge in [0.1, 0.15) is 6.10 Å². The molecule has 0 spiro atoms. The van der Waals surface area contributed by atoms with Gasteiger partial charge in [-0.1, -0.05) is 6.42 Å². The SMILES string of the molecule is CC(CCCCCOC(=O)c1ccc([N+](=O)[O-])cc1)O[N+](=O)[O-]. The summed E-state index contributed by atoms with van der Waals surface area (Å²) in [4.78, 5) is 36.1. The van der Waals surface area contributed by atoms with E-state index in [2.05, 4.69) is 4.84 Å². The van der Waals surface area contributed by atoms with Gasteiger partial charge in [-0.3, -0.25) is 10.1 Å². The Morgan fingerprint density at radius 1 is 1.13 bits per heavy atom. The van der Waals surface area contributed by atoms with Crippen LogP contribution in [0.15, 0.2) is 24.3 Å². The molecular formula is C14H18N2O7. The summed E-state index contributed by atoms with van der Waals surface area (Å²) < 4.78 is 5.05. The molecule has 1 rings (SSSR count). The minimum Gasteiger partial charge on any atom is -0.462 e. The Labute approximate surface area is 132 Å². The number of carbonyl (C=O) groups excluding carboxylic acids is 1. The van der Waals surface area contributed by atoms with Crippen LogP contribution in [0.1, 0.15) is 43.0 Å². The summed E-state index contributed by atoms with van der Waals surface area (Å²) in [7, 11) is 0. The number of rotatable bonds is 10. The Balaban J connectivity index is 2.19. The highest BCUT2D eigenvalue weighted by Gasteiger charge is 2.10. The van der Waals surface area contributed by atoms with Gasteiger partial charge in [-0.05, 0) is 38.3 Å². The van der Waals surface area contributed by atoms with Gasteiger partial charge in [0.25, 0.3) is 10.8 Å². The van der Waals surface area contributed by atoms with Gasteiger partial charge in [0.05, 0.1) is 17.1 Å². The monoisotopic (exact) mass is 326 g/mol. The molecule has 0 N–H and O–H groups in total. The molecule has 1 atom stereocenters. The van der Waals surface area contributed by atoms with Crippen LogP contribution in [0, 0.1) is 20.2 Å². The van der Waals surface area contributed by atoms with Crippen molar-refractivity contribution in [2.75, 3.05) is 6.61 Å². The van der Waals surface area contributed by atoms with E-state index in [1.165, 1.54) is 24.3 Å². The van der Waals surface area contributed by atoms with Crippen LogP contribution in [0.25, 0.3) is 0 Å². The Morgan fingerprint density at radius 3 is 2.35 bits per heavy atom. The number of ether oxygens (including phenoxy) is 1. The zero-order chi connectivity index (χ0) is 17.2. The minimum atomic E-state index is -0.809. The highest BCUT2D eigenvalue weighted by molar-refractivity contribution is 5.89. The molecule has 0 amide bonds. The topological polar surface area (TPSA) is 122 Å². The lowest BCUT2D eigenvalue weighted by molar-refractivity contribution is -0.767. The lowest BCUT2D eigenvalue weighted by Crippen LogP contribution is -2.13. The van der Waals surface area contributed by atoms with Crippen LogP contribution in [-0.2, 0) is 9.57 Å². The minimum absolute atomic E-state index is 0.0902. The number of nitro benzene ring substituents is 1. The van der Waals surface area contributed by atoms with Crippen LogP contribution in [0.5, 0.6) is 0 Å². The van der Waals surface area contributed by atoms with Crippen molar-refractivity contribution in [2.45, 2.75) is 38.7 Å². The summed E-state index contributed by atoms with van der Waals surface area (Å²) in [5.41, 5.74) is 0.163. The molecule has 1 aromatic rings. The lowest BCUT2D eigenvalue weighted by Gasteiger charge is -2.08. The molecule has 1 aromatic carbocycles. The largest absolute Gasteiger partial charge is 0.462 e. The van der Waals surface area contributed by atoms with Crippen molar-refractivity contribution in [1.82, 2.24) is 0 Å². The molecule has 0 saturated carbocycles. The number of non-ortho nitro benzene ring substituents is 1. The first-order chi connectivity index (χ1) is 10.9. The predicted molar refractivity (Wildman–Crippen MR) is 79.4 cm³/mol. The second-order valence-electron chi connectivity index (χ2n) is 4.93. The average molecular weight is 326 g/mol. The normalized spacial score (nSPS) is 11.5. The quantitative estimate of drug-likeness (QED) is 0.280. The molecule has 9 heteroatoms. The summed E-state index contributed by atoms with van der Waals surface area (Å²) in [5, 5.41) is 19.8. The van der Waals surface area contributed by atoms with Gasteiger partial charge < -0.3 is 9.57 Å². The van der Waals surface area contributed by atoms with Crippen molar-refractivity contribution in [3.63, 3.8) is 0 Å². The first-order valence-electron chi connectivity index (χ1n) is 7.13. The van der Waals surface area contributed by atoms with Crippen LogP contribution < -0.4 is 0 Å². The summed E-state index contributed by atoms with van der Waals surface area (Å²) >= 11 is 0. The Kier molecular flexibility index (Phi) is 7.44. The highest BCUT2D eigenvalue weighted by Crippen LogP contribution is 2.13. The Morgan fingerprint density at radius 2 is 1.78 bits per heavy atom. The number of nitrogens with zero attached hydrogens (tertiary/aromatic N) is 2. The van der Waals surface area contributed by atoms with E-state index in [1.54, 1.807) is 6.92 Å². The second-order valence-corrected chi connectivity index (χ2v) is 4.93. The molecule has 0 radical (unpaired) electrons. The molecule has 126 valence electrons. The molecular weight excluding hydrogens is 308 g/mol. The fourth-order valence-corrected chi connectivity index (χ4v) is 1.88. The third-order valence-corrected chi connectivity index (χ3v) is 3.07. The van der Waals surface area contributed by atoms with E-state index < -0.39 is 22.1 Å². The number of nitro groups is 1. The molecule has 23 heavy (non-hydrogen) atoms. The Bertz CT molecular complexity index is 545. The van der Waals surface area contributed by atoms with Crippen molar-refractivity contribution in [2.24, 2.45) is 0 Å². The summed E-state index contributed by atoms with van der Waals surface area (Å²) in [5.74, 6) is -0.537. The number of carbonyl (C=O) groups is 1. The van der Waals surface area contributed by atoms with E-state index >= 15 is 0 Å². The van der Waals surface area contributed by atoms with E-state index in [9.17, 15) is 25.0 Å². The van der Waals surface area contributed by atoms with Gasteiger partial charge in [-0.2, -0.15) is 0 Å². The van der Waals surface area contributed by atoms with Crippen molar-refractivity contribution >= 4 is 11.7 Å². The van der Waals surface area contributed by atoms with E-state index in [1.807, 2.05) is 0 Å². The second kappa shape index (κ2) is 9.34. The molecule has 0 aliphatic heterocycles. The summed E-state index contributed by atoms with van der Waals surface area (Å²) in [6.45, 7) is 1.84. The molecule has 0 bridgehead atoms. The maximum absolute atomic E-state index is 11.7. The predicted octanol–water partition coefficient (Wildman–Crippen LogP) is 2.91. The van der Waals surface area contributed by atoms with Gasteiger partial charge >= 0.3 is 5.97 Å². The molecule has 0 heterocycles. The lowest BCUT2D eigenvalue weighted by atomic mass is 10.1. The third kappa shape index (κ3) is 7.21. The van der Waals surface area contributed by atoms with E-state index in [4.69, 9.17) is 4.74 Å². The fraction of sp³-hybridized carbons (Fsp3) is 0.500. The number of hydrogen-bond acceptors (Lipinski definition) is 7. The van der Waals surface area contributed by atoms with Crippen LogP contribution in [0.2, 0.25) is 0 Å². The number of unbranched alkanes of at least 4 members (excludes halogenated alkanes) is 2. The number of esters is 1. The summed E-state index contributed by atoms with van der Waals surface area (Å²) in [6, 6.07) is 5.18. The highest BCUT2D eigenvalue weighted by atomic mass is 17.0. The van der Waals surface area contributed by atoms with E-state index in [0.29, 0.717) is 12.8 Å². The van der Waals surface area contributed by atoms with Crippen molar-refractivity contribution in [3.05, 3.63) is 50.1 Å². The molecule has 1 unspecified atom stereocenters. The first-order valence-corrected chi connectivity index (χ1v) is 7.13. The smallest absolute Gasteiger partial charge is 0.338 e.